The SMILES string of the molecule is COc1cnc(-c2cc(Cl)ccc2F)nc1Nc1ccncc1C1CN(C)CC[N]1. The van der Waals surface area contributed by atoms with E-state index in [0.717, 1.165) is 30.9 Å². The molecule has 1 fully saturated rings. The topological polar surface area (TPSA) is 77.3 Å². The molecule has 1 N–H and O–H groups in total. The molecule has 1 aliphatic rings. The highest BCUT2D eigenvalue weighted by Crippen LogP contribution is 2.32. The molecule has 3 heterocycles. The van der Waals surface area contributed by atoms with Gasteiger partial charge < -0.3 is 15.0 Å². The van der Waals surface area contributed by atoms with Crippen LogP contribution in [0.2, 0.25) is 5.02 Å². The number of likely N-dealkylation sites (N-methyl/N-ethyl adjacent to an activating group) is 1. The first-order valence-corrected chi connectivity index (χ1v) is 9.85. The fourth-order valence-corrected chi connectivity index (χ4v) is 3.52. The van der Waals surface area contributed by atoms with Gasteiger partial charge in [0.2, 0.25) is 0 Å². The van der Waals surface area contributed by atoms with E-state index in [-0.39, 0.29) is 17.4 Å². The number of pyridine rings is 1. The smallest absolute Gasteiger partial charge is 0.179 e. The monoisotopic (exact) mass is 427 g/mol. The van der Waals surface area contributed by atoms with E-state index >= 15 is 0 Å². The van der Waals surface area contributed by atoms with E-state index in [9.17, 15) is 4.39 Å². The molecule has 1 aliphatic heterocycles. The molecular formula is C21H21ClFN6O. The molecule has 1 radical (unpaired) electrons. The Kier molecular flexibility index (Phi) is 6.08. The molecule has 2 aromatic heterocycles. The van der Waals surface area contributed by atoms with Gasteiger partial charge in [-0.05, 0) is 31.3 Å². The minimum Gasteiger partial charge on any atom is -0.491 e. The fourth-order valence-electron chi connectivity index (χ4n) is 3.35. The van der Waals surface area contributed by atoms with Crippen LogP contribution in [0.4, 0.5) is 15.9 Å². The minimum absolute atomic E-state index is 0.00220. The quantitative estimate of drug-likeness (QED) is 0.669. The van der Waals surface area contributed by atoms with Gasteiger partial charge in [-0.1, -0.05) is 11.6 Å². The van der Waals surface area contributed by atoms with Crippen molar-refractivity contribution in [2.45, 2.75) is 6.04 Å². The summed E-state index contributed by atoms with van der Waals surface area (Å²) in [5.41, 5.74) is 1.98. The molecule has 1 aromatic carbocycles. The summed E-state index contributed by atoms with van der Waals surface area (Å²) in [5.74, 6) is 0.597. The van der Waals surface area contributed by atoms with Gasteiger partial charge in [0.15, 0.2) is 17.4 Å². The van der Waals surface area contributed by atoms with Gasteiger partial charge in [-0.2, -0.15) is 0 Å². The molecule has 1 unspecified atom stereocenters. The Morgan fingerprint density at radius 3 is 2.93 bits per heavy atom. The van der Waals surface area contributed by atoms with Crippen molar-refractivity contribution in [1.82, 2.24) is 25.2 Å². The Balaban J connectivity index is 1.71. The molecular weight excluding hydrogens is 407 g/mol. The van der Waals surface area contributed by atoms with Crippen molar-refractivity contribution in [3.05, 3.63) is 59.3 Å². The number of methoxy groups -OCH3 is 1. The van der Waals surface area contributed by atoms with Crippen LogP contribution in [0.5, 0.6) is 5.75 Å². The molecule has 0 spiro atoms. The number of hydrogen-bond acceptors (Lipinski definition) is 6. The number of nitrogens with zero attached hydrogens (tertiary/aromatic N) is 5. The van der Waals surface area contributed by atoms with Gasteiger partial charge in [-0.3, -0.25) is 4.98 Å². The van der Waals surface area contributed by atoms with E-state index in [1.165, 1.54) is 31.5 Å². The van der Waals surface area contributed by atoms with E-state index in [4.69, 9.17) is 21.7 Å². The predicted octanol–water partition coefficient (Wildman–Crippen LogP) is 3.67. The zero-order chi connectivity index (χ0) is 21.1. The summed E-state index contributed by atoms with van der Waals surface area (Å²) in [6.07, 6.45) is 5.01. The standard InChI is InChI=1S/C21H21ClFN6O/c1-29-8-7-25-18(12-29)15-10-24-6-5-17(15)27-21-19(30-2)11-26-20(28-21)14-9-13(22)3-4-16(14)23/h3-6,9-11,18H,7-8,12H2,1-2H3,(H,24,26,27,28). The minimum atomic E-state index is -0.454. The zero-order valence-electron chi connectivity index (χ0n) is 16.6. The van der Waals surface area contributed by atoms with Crippen molar-refractivity contribution >= 4 is 23.1 Å². The molecule has 4 rings (SSSR count). The Labute approximate surface area is 179 Å². The summed E-state index contributed by atoms with van der Waals surface area (Å²) >= 11 is 6.03. The summed E-state index contributed by atoms with van der Waals surface area (Å²) in [6.45, 7) is 2.51. The number of piperazine rings is 1. The second-order valence-corrected chi connectivity index (χ2v) is 7.44. The Hall–Kier alpha value is -2.81. The summed E-state index contributed by atoms with van der Waals surface area (Å²) in [6, 6.07) is 6.13. The number of halogens is 2. The van der Waals surface area contributed by atoms with Crippen LogP contribution < -0.4 is 15.4 Å². The van der Waals surface area contributed by atoms with Gasteiger partial charge in [-0.15, -0.1) is 0 Å². The third-order valence-electron chi connectivity index (χ3n) is 4.92. The predicted molar refractivity (Wildman–Crippen MR) is 114 cm³/mol. The lowest BCUT2D eigenvalue weighted by Gasteiger charge is -2.30. The number of rotatable bonds is 5. The maximum absolute atomic E-state index is 14.3. The first-order valence-electron chi connectivity index (χ1n) is 9.47. The van der Waals surface area contributed by atoms with Crippen LogP contribution in [0.1, 0.15) is 11.6 Å². The van der Waals surface area contributed by atoms with Gasteiger partial charge in [0.25, 0.3) is 0 Å². The van der Waals surface area contributed by atoms with Crippen molar-refractivity contribution in [3.8, 4) is 17.1 Å². The molecule has 0 aliphatic carbocycles. The Morgan fingerprint density at radius 1 is 1.27 bits per heavy atom. The highest BCUT2D eigenvalue weighted by molar-refractivity contribution is 6.30. The molecule has 1 atom stereocenters. The number of anilines is 2. The number of hydrogen-bond donors (Lipinski definition) is 1. The zero-order valence-corrected chi connectivity index (χ0v) is 17.4. The summed E-state index contributed by atoms with van der Waals surface area (Å²) in [7, 11) is 3.60. The molecule has 9 heteroatoms. The first kappa shape index (κ1) is 20.5. The van der Waals surface area contributed by atoms with Gasteiger partial charge in [-0.25, -0.2) is 19.7 Å². The Bertz CT molecular complexity index is 1050. The summed E-state index contributed by atoms with van der Waals surface area (Å²) < 4.78 is 19.7. The average Bonchev–Trinajstić information content (AvgIpc) is 2.76. The molecule has 155 valence electrons. The highest BCUT2D eigenvalue weighted by Gasteiger charge is 2.23. The highest BCUT2D eigenvalue weighted by atomic mass is 35.5. The lowest BCUT2D eigenvalue weighted by Crippen LogP contribution is -2.40. The van der Waals surface area contributed by atoms with E-state index in [1.54, 1.807) is 12.4 Å². The number of aromatic nitrogens is 3. The molecule has 3 aromatic rings. The summed E-state index contributed by atoms with van der Waals surface area (Å²) in [4.78, 5) is 15.2. The van der Waals surface area contributed by atoms with Gasteiger partial charge in [0, 0.05) is 48.3 Å². The van der Waals surface area contributed by atoms with Gasteiger partial charge in [0.05, 0.1) is 24.9 Å². The van der Waals surface area contributed by atoms with Crippen molar-refractivity contribution in [2.75, 3.05) is 39.1 Å². The number of nitrogens with one attached hydrogen (secondary N) is 1. The van der Waals surface area contributed by atoms with Crippen LogP contribution in [0.25, 0.3) is 11.4 Å². The Morgan fingerprint density at radius 2 is 2.13 bits per heavy atom. The number of ether oxygens (including phenoxy) is 1. The van der Waals surface area contributed by atoms with Crippen LogP contribution in [0, 0.1) is 5.82 Å². The molecule has 1 saturated heterocycles. The van der Waals surface area contributed by atoms with Crippen LogP contribution in [0.3, 0.4) is 0 Å². The molecule has 30 heavy (non-hydrogen) atoms. The molecule has 0 amide bonds. The molecule has 7 nitrogen and oxygen atoms in total. The van der Waals surface area contributed by atoms with Crippen LogP contribution in [-0.4, -0.2) is 53.6 Å². The van der Waals surface area contributed by atoms with Crippen molar-refractivity contribution in [2.24, 2.45) is 0 Å². The van der Waals surface area contributed by atoms with Gasteiger partial charge in [0.1, 0.15) is 5.82 Å². The second-order valence-electron chi connectivity index (χ2n) is 7.01. The van der Waals surface area contributed by atoms with Crippen LogP contribution in [-0.2, 0) is 0 Å². The average molecular weight is 428 g/mol. The third kappa shape index (κ3) is 4.35. The normalized spacial score (nSPS) is 17.0. The number of benzene rings is 1. The van der Waals surface area contributed by atoms with Crippen molar-refractivity contribution in [1.29, 1.82) is 0 Å². The summed E-state index contributed by atoms with van der Waals surface area (Å²) in [5, 5.41) is 8.43. The maximum Gasteiger partial charge on any atom is 0.179 e. The van der Waals surface area contributed by atoms with E-state index in [1.807, 2.05) is 6.07 Å². The largest absolute Gasteiger partial charge is 0.491 e. The van der Waals surface area contributed by atoms with Crippen LogP contribution in [0.15, 0.2) is 42.9 Å². The molecule has 0 bridgehead atoms. The molecule has 0 saturated carbocycles. The van der Waals surface area contributed by atoms with E-state index in [2.05, 4.69) is 32.2 Å². The van der Waals surface area contributed by atoms with E-state index in [0.29, 0.717) is 16.6 Å². The lowest BCUT2D eigenvalue weighted by molar-refractivity contribution is 0.237. The van der Waals surface area contributed by atoms with Crippen LogP contribution >= 0.6 is 11.6 Å². The third-order valence-corrected chi connectivity index (χ3v) is 5.16. The first-order chi connectivity index (χ1) is 14.5. The fraction of sp³-hybridized carbons (Fsp3) is 0.286. The second kappa shape index (κ2) is 8.91. The van der Waals surface area contributed by atoms with Crippen molar-refractivity contribution in [3.63, 3.8) is 0 Å². The maximum atomic E-state index is 14.3. The van der Waals surface area contributed by atoms with Crippen molar-refractivity contribution < 1.29 is 9.13 Å². The van der Waals surface area contributed by atoms with Gasteiger partial charge >= 0.3 is 0 Å². The van der Waals surface area contributed by atoms with E-state index < -0.39 is 5.82 Å². The lowest BCUT2D eigenvalue weighted by atomic mass is 10.0.